The second kappa shape index (κ2) is 8.37. The number of imidazole rings is 1. The number of nitrogens with zero attached hydrogens (tertiary/aromatic N) is 3. The van der Waals surface area contributed by atoms with Gasteiger partial charge in [-0.05, 0) is 40.8 Å². The molecule has 0 aliphatic carbocycles. The lowest BCUT2D eigenvalue weighted by Gasteiger charge is -2.09. The number of hydrogen-bond acceptors (Lipinski definition) is 2. The summed E-state index contributed by atoms with van der Waals surface area (Å²) < 4.78 is 2.21. The topological polar surface area (TPSA) is 41.6 Å². The molecule has 28 heavy (non-hydrogen) atoms. The summed E-state index contributed by atoms with van der Waals surface area (Å²) in [4.78, 5) is 4.33. The Hall–Kier alpha value is -3.64. The molecule has 0 radical (unpaired) electrons. The predicted molar refractivity (Wildman–Crippen MR) is 112 cm³/mol. The first-order valence-corrected chi connectivity index (χ1v) is 9.44. The Kier molecular flexibility index (Phi) is 5.31. The van der Waals surface area contributed by atoms with Gasteiger partial charge in [-0.15, -0.1) is 0 Å². The molecule has 0 amide bonds. The van der Waals surface area contributed by atoms with E-state index >= 15 is 0 Å². The second-order valence-corrected chi connectivity index (χ2v) is 6.88. The fourth-order valence-corrected chi connectivity index (χ4v) is 3.35. The number of hydrogen-bond donors (Lipinski definition) is 0. The van der Waals surface area contributed by atoms with Crippen molar-refractivity contribution in [2.75, 3.05) is 0 Å². The SMILES string of the molecule is N#Cc1ccc(Cc2cncn2CCc2ccc(-c3ccccc3)cc2)cc1. The van der Waals surface area contributed by atoms with E-state index in [1.165, 1.54) is 27.9 Å². The van der Waals surface area contributed by atoms with E-state index in [0.29, 0.717) is 5.56 Å². The minimum absolute atomic E-state index is 0.691. The maximum atomic E-state index is 8.93. The van der Waals surface area contributed by atoms with Crippen molar-refractivity contribution in [3.05, 3.63) is 114 Å². The Morgan fingerprint density at radius 2 is 1.46 bits per heavy atom. The Labute approximate surface area is 165 Å². The number of rotatable bonds is 6. The van der Waals surface area contributed by atoms with E-state index in [9.17, 15) is 0 Å². The van der Waals surface area contributed by atoms with Crippen LogP contribution < -0.4 is 0 Å². The first-order valence-electron chi connectivity index (χ1n) is 9.44. The summed E-state index contributed by atoms with van der Waals surface area (Å²) in [7, 11) is 0. The molecule has 3 nitrogen and oxygen atoms in total. The maximum absolute atomic E-state index is 8.93. The van der Waals surface area contributed by atoms with E-state index in [2.05, 4.69) is 64.2 Å². The predicted octanol–water partition coefficient (Wildman–Crippen LogP) is 5.26. The van der Waals surface area contributed by atoms with Crippen molar-refractivity contribution in [2.24, 2.45) is 0 Å². The molecule has 0 aliphatic heterocycles. The molecule has 4 aromatic rings. The Bertz CT molecular complexity index is 1070. The first-order chi connectivity index (χ1) is 13.8. The highest BCUT2D eigenvalue weighted by molar-refractivity contribution is 5.63. The molecule has 0 N–H and O–H groups in total. The third-order valence-electron chi connectivity index (χ3n) is 4.97. The van der Waals surface area contributed by atoms with Gasteiger partial charge >= 0.3 is 0 Å². The van der Waals surface area contributed by atoms with Gasteiger partial charge in [-0.2, -0.15) is 5.26 Å². The maximum Gasteiger partial charge on any atom is 0.0991 e. The Morgan fingerprint density at radius 3 is 2.18 bits per heavy atom. The summed E-state index contributed by atoms with van der Waals surface area (Å²) in [6.45, 7) is 0.899. The standard InChI is InChI=1S/C25H21N3/c26-17-22-8-6-21(7-9-22)16-25-18-27-19-28(25)15-14-20-10-12-24(13-11-20)23-4-2-1-3-5-23/h1-13,18-19H,14-16H2. The molecule has 136 valence electrons. The molecule has 0 fully saturated rings. The number of aryl methyl sites for hydroxylation is 2. The van der Waals surface area contributed by atoms with Crippen molar-refractivity contribution in [1.82, 2.24) is 9.55 Å². The number of benzene rings is 3. The zero-order chi connectivity index (χ0) is 19.2. The summed E-state index contributed by atoms with van der Waals surface area (Å²) in [5.74, 6) is 0. The highest BCUT2D eigenvalue weighted by atomic mass is 15.0. The van der Waals surface area contributed by atoms with Gasteiger partial charge in [-0.3, -0.25) is 0 Å². The van der Waals surface area contributed by atoms with Gasteiger partial charge < -0.3 is 4.57 Å². The minimum atomic E-state index is 0.691. The summed E-state index contributed by atoms with van der Waals surface area (Å²) in [5.41, 5.74) is 6.87. The van der Waals surface area contributed by atoms with E-state index < -0.39 is 0 Å². The van der Waals surface area contributed by atoms with Crippen molar-refractivity contribution in [2.45, 2.75) is 19.4 Å². The minimum Gasteiger partial charge on any atom is -0.334 e. The molecule has 0 saturated carbocycles. The van der Waals surface area contributed by atoms with Crippen LogP contribution in [0, 0.1) is 11.3 Å². The monoisotopic (exact) mass is 363 g/mol. The van der Waals surface area contributed by atoms with Crippen LogP contribution in [0.15, 0.2) is 91.4 Å². The largest absolute Gasteiger partial charge is 0.334 e. The molecular weight excluding hydrogens is 342 g/mol. The van der Waals surface area contributed by atoms with E-state index in [-0.39, 0.29) is 0 Å². The summed E-state index contributed by atoms with van der Waals surface area (Å²) in [6, 6.07) is 29.2. The molecule has 0 spiro atoms. The van der Waals surface area contributed by atoms with E-state index in [0.717, 1.165) is 19.4 Å². The molecule has 0 unspecified atom stereocenters. The fourth-order valence-electron chi connectivity index (χ4n) is 3.35. The van der Waals surface area contributed by atoms with Crippen molar-refractivity contribution in [3.8, 4) is 17.2 Å². The van der Waals surface area contributed by atoms with Crippen LogP contribution in [0.25, 0.3) is 11.1 Å². The van der Waals surface area contributed by atoms with Crippen LogP contribution in [0.1, 0.15) is 22.4 Å². The van der Waals surface area contributed by atoms with Crippen LogP contribution >= 0.6 is 0 Å². The van der Waals surface area contributed by atoms with E-state index in [1.807, 2.05) is 42.9 Å². The molecule has 3 heteroatoms. The third kappa shape index (κ3) is 4.19. The lowest BCUT2D eigenvalue weighted by atomic mass is 10.0. The van der Waals surface area contributed by atoms with Gasteiger partial charge in [0.2, 0.25) is 0 Å². The van der Waals surface area contributed by atoms with Gasteiger partial charge in [0.05, 0.1) is 18.0 Å². The zero-order valence-corrected chi connectivity index (χ0v) is 15.6. The lowest BCUT2D eigenvalue weighted by molar-refractivity contribution is 0.668. The van der Waals surface area contributed by atoms with Crippen LogP contribution in [-0.4, -0.2) is 9.55 Å². The summed E-state index contributed by atoms with van der Waals surface area (Å²) >= 11 is 0. The molecular formula is C25H21N3. The van der Waals surface area contributed by atoms with Gasteiger partial charge in [0.15, 0.2) is 0 Å². The molecule has 1 aromatic heterocycles. The highest BCUT2D eigenvalue weighted by Crippen LogP contribution is 2.20. The second-order valence-electron chi connectivity index (χ2n) is 6.88. The average Bonchev–Trinajstić information content (AvgIpc) is 3.21. The summed E-state index contributed by atoms with van der Waals surface area (Å²) in [5, 5.41) is 8.93. The average molecular weight is 363 g/mol. The molecule has 0 atom stereocenters. The molecule has 0 saturated heterocycles. The lowest BCUT2D eigenvalue weighted by Crippen LogP contribution is -2.05. The molecule has 0 bridgehead atoms. The Balaban J connectivity index is 1.40. The van der Waals surface area contributed by atoms with Crippen LogP contribution in [0.2, 0.25) is 0 Å². The quantitative estimate of drug-likeness (QED) is 0.469. The third-order valence-corrected chi connectivity index (χ3v) is 4.97. The highest BCUT2D eigenvalue weighted by Gasteiger charge is 2.05. The molecule has 0 aliphatic rings. The smallest absolute Gasteiger partial charge is 0.0991 e. The van der Waals surface area contributed by atoms with Crippen molar-refractivity contribution in [3.63, 3.8) is 0 Å². The van der Waals surface area contributed by atoms with Gasteiger partial charge in [-0.25, -0.2) is 4.98 Å². The van der Waals surface area contributed by atoms with E-state index in [4.69, 9.17) is 5.26 Å². The van der Waals surface area contributed by atoms with Gasteiger partial charge in [0, 0.05) is 24.9 Å². The zero-order valence-electron chi connectivity index (χ0n) is 15.6. The number of aromatic nitrogens is 2. The first kappa shape index (κ1) is 17.8. The Morgan fingerprint density at radius 1 is 0.786 bits per heavy atom. The molecule has 1 heterocycles. The normalized spacial score (nSPS) is 10.5. The van der Waals surface area contributed by atoms with Crippen LogP contribution in [0.4, 0.5) is 0 Å². The summed E-state index contributed by atoms with van der Waals surface area (Å²) in [6.07, 6.45) is 5.61. The fraction of sp³-hybridized carbons (Fsp3) is 0.120. The van der Waals surface area contributed by atoms with Gasteiger partial charge in [-0.1, -0.05) is 66.7 Å². The van der Waals surface area contributed by atoms with Crippen LogP contribution in [0.3, 0.4) is 0 Å². The number of nitriles is 1. The van der Waals surface area contributed by atoms with Crippen molar-refractivity contribution in [1.29, 1.82) is 5.26 Å². The van der Waals surface area contributed by atoms with Crippen molar-refractivity contribution >= 4 is 0 Å². The van der Waals surface area contributed by atoms with Gasteiger partial charge in [0.25, 0.3) is 0 Å². The van der Waals surface area contributed by atoms with Crippen LogP contribution in [-0.2, 0) is 19.4 Å². The molecule has 4 rings (SSSR count). The molecule has 3 aromatic carbocycles. The van der Waals surface area contributed by atoms with E-state index in [1.54, 1.807) is 0 Å². The van der Waals surface area contributed by atoms with Crippen LogP contribution in [0.5, 0.6) is 0 Å². The van der Waals surface area contributed by atoms with Gasteiger partial charge in [0.1, 0.15) is 0 Å². The van der Waals surface area contributed by atoms with Crippen molar-refractivity contribution < 1.29 is 0 Å².